The van der Waals surface area contributed by atoms with E-state index in [2.05, 4.69) is 4.99 Å². The van der Waals surface area contributed by atoms with E-state index in [1.807, 2.05) is 47.6 Å². The van der Waals surface area contributed by atoms with Gasteiger partial charge in [-0.2, -0.15) is 0 Å². The molecular weight excluding hydrogens is 172 g/mol. The second-order valence-electron chi connectivity index (χ2n) is 3.29. The molecule has 0 radical (unpaired) electrons. The summed E-state index contributed by atoms with van der Waals surface area (Å²) in [4.78, 5) is 6.35. The summed E-state index contributed by atoms with van der Waals surface area (Å²) in [5.41, 5.74) is 0.909. The molecular formula is C12H10N2. The van der Waals surface area contributed by atoms with Crippen molar-refractivity contribution >= 4 is 6.20 Å². The molecule has 68 valence electrons. The van der Waals surface area contributed by atoms with E-state index < -0.39 is 0 Å². The zero-order valence-electron chi connectivity index (χ0n) is 8.59. The molecule has 0 saturated heterocycles. The van der Waals surface area contributed by atoms with Crippen LogP contribution >= 0.6 is 0 Å². The highest BCUT2D eigenvalue weighted by Crippen LogP contribution is 2.18. The molecule has 2 aliphatic heterocycles. The molecule has 2 heterocycles. The lowest BCUT2D eigenvalue weighted by atomic mass is 10.3. The summed E-state index contributed by atoms with van der Waals surface area (Å²) in [5.74, 6) is 0. The number of fused-ring (bicyclic) bond motifs is 2. The zero-order valence-corrected chi connectivity index (χ0v) is 7.59. The van der Waals surface area contributed by atoms with Gasteiger partial charge in [0, 0.05) is 37.3 Å². The molecule has 0 bridgehead atoms. The van der Waals surface area contributed by atoms with E-state index in [1.54, 1.807) is 6.20 Å². The molecule has 0 aromatic heterocycles. The van der Waals surface area contributed by atoms with Crippen molar-refractivity contribution in [1.29, 1.82) is 0 Å². The maximum atomic E-state index is 7.78. The lowest BCUT2D eigenvalue weighted by Crippen LogP contribution is -2.24. The zero-order chi connectivity index (χ0) is 10.3. The predicted molar refractivity (Wildman–Crippen MR) is 55.4 cm³/mol. The molecule has 0 spiro atoms. The number of allylic oxidation sites excluding steroid dienone is 1. The third kappa shape index (κ3) is 1.08. The van der Waals surface area contributed by atoms with Gasteiger partial charge in [0.2, 0.25) is 0 Å². The SMILES string of the molecule is [2H]C1C=CN2C=c3ccccc3=NC=C12. The van der Waals surface area contributed by atoms with Crippen molar-refractivity contribution in [3.05, 3.63) is 59.0 Å². The summed E-state index contributed by atoms with van der Waals surface area (Å²) < 4.78 is 7.78. The average Bonchev–Trinajstić information content (AvgIpc) is 2.51. The van der Waals surface area contributed by atoms with Gasteiger partial charge in [-0.25, -0.2) is 0 Å². The largest absolute Gasteiger partial charge is 0.325 e. The van der Waals surface area contributed by atoms with Gasteiger partial charge in [0.25, 0.3) is 0 Å². The van der Waals surface area contributed by atoms with Gasteiger partial charge in [0.1, 0.15) is 0 Å². The first kappa shape index (κ1) is 6.60. The second kappa shape index (κ2) is 2.84. The quantitative estimate of drug-likeness (QED) is 0.588. The highest BCUT2D eigenvalue weighted by molar-refractivity contribution is 5.35. The fourth-order valence-electron chi connectivity index (χ4n) is 1.63. The van der Waals surface area contributed by atoms with Gasteiger partial charge in [-0.3, -0.25) is 4.99 Å². The van der Waals surface area contributed by atoms with Crippen molar-refractivity contribution < 1.29 is 1.37 Å². The number of hydrogen-bond donors (Lipinski definition) is 0. The van der Waals surface area contributed by atoms with Crippen LogP contribution in [0.3, 0.4) is 0 Å². The van der Waals surface area contributed by atoms with E-state index in [-0.39, 0.29) is 6.40 Å². The Morgan fingerprint density at radius 1 is 1.36 bits per heavy atom. The van der Waals surface area contributed by atoms with E-state index in [0.29, 0.717) is 0 Å². The summed E-state index contributed by atoms with van der Waals surface area (Å²) in [6.07, 6.45) is 7.27. The van der Waals surface area contributed by atoms with Crippen LogP contribution in [0, 0.1) is 0 Å². The number of rotatable bonds is 0. The Morgan fingerprint density at radius 2 is 2.29 bits per heavy atom. The van der Waals surface area contributed by atoms with Gasteiger partial charge < -0.3 is 4.90 Å². The maximum absolute atomic E-state index is 7.78. The monoisotopic (exact) mass is 183 g/mol. The number of nitrogens with zero attached hydrogens (tertiary/aromatic N) is 2. The first-order valence-corrected chi connectivity index (χ1v) is 4.58. The fourth-order valence-corrected chi connectivity index (χ4v) is 1.63. The van der Waals surface area contributed by atoms with E-state index >= 15 is 0 Å². The molecule has 2 heteroatoms. The van der Waals surface area contributed by atoms with Gasteiger partial charge in [-0.1, -0.05) is 24.3 Å². The van der Waals surface area contributed by atoms with Gasteiger partial charge in [-0.15, -0.1) is 0 Å². The van der Waals surface area contributed by atoms with E-state index in [0.717, 1.165) is 16.3 Å². The lowest BCUT2D eigenvalue weighted by molar-refractivity contribution is 0.698. The Bertz CT molecular complexity index is 572. The minimum Gasteiger partial charge on any atom is -0.325 e. The van der Waals surface area contributed by atoms with Crippen molar-refractivity contribution in [3.8, 4) is 0 Å². The number of para-hydroxylation sites is 1. The molecule has 0 fully saturated rings. The van der Waals surface area contributed by atoms with Crippen molar-refractivity contribution in [2.45, 2.75) is 6.40 Å². The van der Waals surface area contributed by atoms with Gasteiger partial charge >= 0.3 is 0 Å². The normalized spacial score (nSPS) is 23.7. The Hall–Kier alpha value is -1.83. The Labute approximate surface area is 83.6 Å². The minimum absolute atomic E-state index is 0.292. The predicted octanol–water partition coefficient (Wildman–Crippen LogP) is 1.12. The minimum atomic E-state index is -0.292. The van der Waals surface area contributed by atoms with Crippen LogP contribution in [0.4, 0.5) is 0 Å². The standard InChI is InChI=1S/C12H10N2/c1-2-6-12-10(4-1)9-14-7-3-5-11(14)8-13-12/h1-4,6-9H,5H2/i5D. The first-order chi connectivity index (χ1) is 7.34. The van der Waals surface area contributed by atoms with Crippen molar-refractivity contribution in [3.63, 3.8) is 0 Å². The molecule has 1 unspecified atom stereocenters. The molecule has 1 aromatic rings. The van der Waals surface area contributed by atoms with Crippen LogP contribution < -0.4 is 10.6 Å². The smallest absolute Gasteiger partial charge is 0.0717 e. The molecule has 0 aliphatic carbocycles. The Morgan fingerprint density at radius 3 is 3.29 bits per heavy atom. The topological polar surface area (TPSA) is 15.6 Å². The summed E-state index contributed by atoms with van der Waals surface area (Å²) >= 11 is 0. The Kier molecular flexibility index (Phi) is 1.34. The molecule has 14 heavy (non-hydrogen) atoms. The van der Waals surface area contributed by atoms with Gasteiger partial charge in [0.05, 0.1) is 5.36 Å². The number of hydrogen-bond acceptors (Lipinski definition) is 2. The van der Waals surface area contributed by atoms with E-state index in [9.17, 15) is 0 Å². The highest BCUT2D eigenvalue weighted by Gasteiger charge is 2.09. The summed E-state index contributed by atoms with van der Waals surface area (Å²) in [6, 6.07) is 7.97. The van der Waals surface area contributed by atoms with E-state index in [4.69, 9.17) is 1.37 Å². The van der Waals surface area contributed by atoms with Crippen molar-refractivity contribution in [2.24, 2.45) is 4.99 Å². The maximum Gasteiger partial charge on any atom is 0.0717 e. The molecule has 1 atom stereocenters. The van der Waals surface area contributed by atoms with Gasteiger partial charge in [0.15, 0.2) is 0 Å². The average molecular weight is 183 g/mol. The molecule has 2 aliphatic rings. The summed E-state index contributed by atoms with van der Waals surface area (Å²) in [6.45, 7) is 0. The first-order valence-electron chi connectivity index (χ1n) is 5.16. The third-order valence-electron chi connectivity index (χ3n) is 2.36. The van der Waals surface area contributed by atoms with Crippen LogP contribution in [0.25, 0.3) is 6.20 Å². The Balaban J connectivity index is 2.26. The molecule has 0 N–H and O–H groups in total. The van der Waals surface area contributed by atoms with Crippen LogP contribution in [0.5, 0.6) is 0 Å². The van der Waals surface area contributed by atoms with Crippen LogP contribution in [-0.2, 0) is 0 Å². The third-order valence-corrected chi connectivity index (χ3v) is 2.36. The number of benzene rings is 1. The highest BCUT2D eigenvalue weighted by atomic mass is 15.1. The molecule has 0 amide bonds. The summed E-state index contributed by atoms with van der Waals surface area (Å²) in [5, 5.41) is 2.04. The van der Waals surface area contributed by atoms with Crippen molar-refractivity contribution in [1.82, 2.24) is 4.90 Å². The van der Waals surface area contributed by atoms with E-state index in [1.165, 1.54) is 0 Å². The van der Waals surface area contributed by atoms with Crippen LogP contribution in [-0.4, -0.2) is 4.90 Å². The molecule has 1 aromatic carbocycles. The van der Waals surface area contributed by atoms with Crippen LogP contribution in [0.2, 0.25) is 0 Å². The fraction of sp³-hybridized carbons (Fsp3) is 0.0833. The van der Waals surface area contributed by atoms with Crippen LogP contribution in [0.1, 0.15) is 7.77 Å². The molecule has 3 rings (SSSR count). The summed E-state index contributed by atoms with van der Waals surface area (Å²) in [7, 11) is 0. The molecule has 2 nitrogen and oxygen atoms in total. The lowest BCUT2D eigenvalue weighted by Gasteiger charge is -2.09. The second-order valence-corrected chi connectivity index (χ2v) is 3.29. The molecule has 0 saturated carbocycles. The van der Waals surface area contributed by atoms with Gasteiger partial charge in [-0.05, 0) is 6.07 Å². The van der Waals surface area contributed by atoms with Crippen LogP contribution in [0.15, 0.2) is 53.4 Å². The van der Waals surface area contributed by atoms with Crippen molar-refractivity contribution in [2.75, 3.05) is 0 Å².